The molecule has 2 heterocycles. The van der Waals surface area contributed by atoms with Crippen LogP contribution in [-0.2, 0) is 28.9 Å². The Labute approximate surface area is 209 Å². The average molecular weight is 484 g/mol. The second-order valence-corrected chi connectivity index (χ2v) is 9.17. The lowest BCUT2D eigenvalue weighted by Gasteiger charge is -2.29. The van der Waals surface area contributed by atoms with Crippen LogP contribution < -0.4 is 0 Å². The SMILES string of the molecule is COC(=O)C=Cc1ccc2c(c1)CCC2N(CCc1c[nH]c2ccccc12)Cc1cc(C(=O)O)c[nH]1. The van der Waals surface area contributed by atoms with Gasteiger partial charge < -0.3 is 19.8 Å². The van der Waals surface area contributed by atoms with Gasteiger partial charge in [0.15, 0.2) is 0 Å². The van der Waals surface area contributed by atoms with Gasteiger partial charge in [0.2, 0.25) is 0 Å². The van der Waals surface area contributed by atoms with Gasteiger partial charge in [0, 0.05) is 54.2 Å². The summed E-state index contributed by atoms with van der Waals surface area (Å²) in [6, 6.07) is 16.6. The van der Waals surface area contributed by atoms with E-state index in [1.54, 1.807) is 18.3 Å². The Kier molecular flexibility index (Phi) is 6.73. The Morgan fingerprint density at radius 1 is 1.14 bits per heavy atom. The van der Waals surface area contributed by atoms with Crippen LogP contribution in [0.1, 0.15) is 50.8 Å². The summed E-state index contributed by atoms with van der Waals surface area (Å²) < 4.78 is 4.70. The Hall–Kier alpha value is -4.10. The number of ether oxygens (including phenoxy) is 1. The van der Waals surface area contributed by atoms with E-state index in [1.165, 1.54) is 35.3 Å². The molecular formula is C29H29N3O4. The number of para-hydroxylation sites is 1. The summed E-state index contributed by atoms with van der Waals surface area (Å²) in [5, 5.41) is 10.6. The molecule has 1 atom stereocenters. The number of aromatic amines is 2. The molecule has 1 unspecified atom stereocenters. The highest BCUT2D eigenvalue weighted by atomic mass is 16.5. The third-order valence-electron chi connectivity index (χ3n) is 6.97. The van der Waals surface area contributed by atoms with Crippen molar-refractivity contribution in [1.82, 2.24) is 14.9 Å². The van der Waals surface area contributed by atoms with E-state index in [2.05, 4.69) is 51.4 Å². The fourth-order valence-corrected chi connectivity index (χ4v) is 5.15. The Balaban J connectivity index is 1.40. The van der Waals surface area contributed by atoms with E-state index in [4.69, 9.17) is 4.74 Å². The van der Waals surface area contributed by atoms with Crippen molar-refractivity contribution in [2.75, 3.05) is 13.7 Å². The minimum Gasteiger partial charge on any atom is -0.478 e. The first-order valence-electron chi connectivity index (χ1n) is 12.1. The van der Waals surface area contributed by atoms with Crippen LogP contribution in [0.4, 0.5) is 0 Å². The summed E-state index contributed by atoms with van der Waals surface area (Å²) in [7, 11) is 1.37. The molecule has 0 spiro atoms. The van der Waals surface area contributed by atoms with Gasteiger partial charge in [-0.15, -0.1) is 0 Å². The molecule has 0 bridgehead atoms. The molecule has 0 amide bonds. The summed E-state index contributed by atoms with van der Waals surface area (Å²) in [4.78, 5) is 31.8. The standard InChI is InChI=1S/C29H29N3O4/c1-36-28(33)11-7-19-6-9-25-20(14-19)8-10-27(25)32(18-23-15-22(17-30-23)29(34)35)13-12-21-16-31-26-5-3-2-4-24(21)26/h2-7,9,11,14-17,27,30-31H,8,10,12-13,18H2,1H3,(H,34,35). The molecule has 0 radical (unpaired) electrons. The molecule has 7 heteroatoms. The zero-order chi connectivity index (χ0) is 25.1. The molecule has 0 saturated heterocycles. The van der Waals surface area contributed by atoms with Crippen LogP contribution in [0.3, 0.4) is 0 Å². The van der Waals surface area contributed by atoms with E-state index in [0.29, 0.717) is 6.54 Å². The maximum absolute atomic E-state index is 11.5. The van der Waals surface area contributed by atoms with Gasteiger partial charge in [-0.25, -0.2) is 9.59 Å². The normalized spacial score (nSPS) is 15.1. The number of carboxylic acid groups (broad SMARTS) is 1. The van der Waals surface area contributed by atoms with Crippen LogP contribution in [0.25, 0.3) is 17.0 Å². The largest absolute Gasteiger partial charge is 0.478 e. The smallest absolute Gasteiger partial charge is 0.337 e. The fraction of sp³-hybridized carbons (Fsp3) is 0.241. The number of rotatable bonds is 9. The molecule has 3 N–H and O–H groups in total. The maximum Gasteiger partial charge on any atom is 0.337 e. The minimum atomic E-state index is -0.929. The van der Waals surface area contributed by atoms with Crippen LogP contribution in [-0.4, -0.2) is 45.6 Å². The number of hydrogen-bond acceptors (Lipinski definition) is 4. The van der Waals surface area contributed by atoms with Gasteiger partial charge in [-0.3, -0.25) is 4.90 Å². The van der Waals surface area contributed by atoms with Crippen LogP contribution in [0.5, 0.6) is 0 Å². The first kappa shape index (κ1) is 23.6. The van der Waals surface area contributed by atoms with Crippen molar-refractivity contribution in [1.29, 1.82) is 0 Å². The highest BCUT2D eigenvalue weighted by Crippen LogP contribution is 2.37. The molecule has 2 aromatic heterocycles. The highest BCUT2D eigenvalue weighted by Gasteiger charge is 2.28. The summed E-state index contributed by atoms with van der Waals surface area (Å²) >= 11 is 0. The number of carbonyl (C=O) groups excluding carboxylic acids is 1. The fourth-order valence-electron chi connectivity index (χ4n) is 5.15. The van der Waals surface area contributed by atoms with Crippen molar-refractivity contribution in [3.8, 4) is 0 Å². The van der Waals surface area contributed by atoms with Gasteiger partial charge in [-0.1, -0.05) is 36.4 Å². The number of hydrogen-bond donors (Lipinski definition) is 3. The maximum atomic E-state index is 11.5. The van der Waals surface area contributed by atoms with Crippen molar-refractivity contribution in [3.05, 3.63) is 101 Å². The molecule has 0 fully saturated rings. The lowest BCUT2D eigenvalue weighted by Crippen LogP contribution is -2.29. The van der Waals surface area contributed by atoms with E-state index in [1.807, 2.05) is 12.1 Å². The molecule has 184 valence electrons. The number of fused-ring (bicyclic) bond motifs is 2. The molecule has 1 aliphatic carbocycles. The van der Waals surface area contributed by atoms with E-state index in [-0.39, 0.29) is 17.6 Å². The molecule has 1 aliphatic rings. The molecule has 0 saturated carbocycles. The predicted molar refractivity (Wildman–Crippen MR) is 139 cm³/mol. The molecule has 5 rings (SSSR count). The summed E-state index contributed by atoms with van der Waals surface area (Å²) in [6.45, 7) is 1.46. The van der Waals surface area contributed by atoms with Crippen molar-refractivity contribution >= 4 is 28.9 Å². The summed E-state index contributed by atoms with van der Waals surface area (Å²) in [5.41, 5.74) is 7.10. The second kappa shape index (κ2) is 10.3. The lowest BCUT2D eigenvalue weighted by molar-refractivity contribution is -0.134. The number of aromatic carboxylic acids is 1. The number of carbonyl (C=O) groups is 2. The number of aromatic nitrogens is 2. The van der Waals surface area contributed by atoms with E-state index < -0.39 is 5.97 Å². The number of methoxy groups -OCH3 is 1. The number of benzene rings is 2. The third-order valence-corrected chi connectivity index (χ3v) is 6.97. The molecule has 4 aromatic rings. The number of esters is 1. The topological polar surface area (TPSA) is 98.4 Å². The lowest BCUT2D eigenvalue weighted by atomic mass is 10.0. The average Bonchev–Trinajstić information content (AvgIpc) is 3.63. The van der Waals surface area contributed by atoms with Crippen LogP contribution in [0.2, 0.25) is 0 Å². The van der Waals surface area contributed by atoms with E-state index in [0.717, 1.165) is 42.6 Å². The zero-order valence-corrected chi connectivity index (χ0v) is 20.2. The monoisotopic (exact) mass is 483 g/mol. The van der Waals surface area contributed by atoms with Crippen molar-refractivity contribution in [2.24, 2.45) is 0 Å². The Bertz CT molecular complexity index is 1430. The number of aryl methyl sites for hydroxylation is 1. The highest BCUT2D eigenvalue weighted by molar-refractivity contribution is 5.87. The van der Waals surface area contributed by atoms with Crippen molar-refractivity contribution in [2.45, 2.75) is 31.8 Å². The molecule has 0 aliphatic heterocycles. The van der Waals surface area contributed by atoms with Gasteiger partial charge >= 0.3 is 11.9 Å². The van der Waals surface area contributed by atoms with Crippen LogP contribution >= 0.6 is 0 Å². The summed E-state index contributed by atoms with van der Waals surface area (Å²) in [5.74, 6) is -1.30. The predicted octanol–water partition coefficient (Wildman–Crippen LogP) is 5.11. The van der Waals surface area contributed by atoms with E-state index in [9.17, 15) is 14.7 Å². The molecular weight excluding hydrogens is 454 g/mol. The molecule has 7 nitrogen and oxygen atoms in total. The van der Waals surface area contributed by atoms with E-state index >= 15 is 0 Å². The number of H-pyrrole nitrogens is 2. The number of carboxylic acids is 1. The number of nitrogens with zero attached hydrogens (tertiary/aromatic N) is 1. The Morgan fingerprint density at radius 3 is 2.81 bits per heavy atom. The second-order valence-electron chi connectivity index (χ2n) is 9.17. The third kappa shape index (κ3) is 4.97. The zero-order valence-electron chi connectivity index (χ0n) is 20.2. The molecule has 2 aromatic carbocycles. The van der Waals surface area contributed by atoms with Crippen LogP contribution in [0.15, 0.2) is 67.0 Å². The minimum absolute atomic E-state index is 0.223. The van der Waals surface area contributed by atoms with Crippen LogP contribution in [0, 0.1) is 0 Å². The van der Waals surface area contributed by atoms with Gasteiger partial charge in [-0.05, 0) is 59.7 Å². The van der Waals surface area contributed by atoms with Gasteiger partial charge in [0.05, 0.1) is 12.7 Å². The first-order valence-corrected chi connectivity index (χ1v) is 12.1. The summed E-state index contributed by atoms with van der Waals surface area (Å²) in [6.07, 6.45) is 9.67. The van der Waals surface area contributed by atoms with Gasteiger partial charge in [0.25, 0.3) is 0 Å². The van der Waals surface area contributed by atoms with Crippen molar-refractivity contribution in [3.63, 3.8) is 0 Å². The van der Waals surface area contributed by atoms with Crippen molar-refractivity contribution < 1.29 is 19.4 Å². The van der Waals surface area contributed by atoms with Gasteiger partial charge in [-0.2, -0.15) is 0 Å². The Morgan fingerprint density at radius 2 is 2.00 bits per heavy atom. The first-order chi connectivity index (χ1) is 17.5. The number of nitrogens with one attached hydrogen (secondary N) is 2. The molecule has 36 heavy (non-hydrogen) atoms. The van der Waals surface area contributed by atoms with Gasteiger partial charge in [0.1, 0.15) is 0 Å². The quantitative estimate of drug-likeness (QED) is 0.227.